The van der Waals surface area contributed by atoms with E-state index in [2.05, 4.69) is 4.98 Å². The van der Waals surface area contributed by atoms with E-state index in [1.54, 1.807) is 6.92 Å². The number of aryl methyl sites for hydroxylation is 1. The molecule has 0 aliphatic rings. The molecule has 0 fully saturated rings. The lowest BCUT2D eigenvalue weighted by molar-refractivity contribution is 0.145. The number of nitrogens with two attached hydrogens (primary N) is 1. The Kier molecular flexibility index (Phi) is 3.10. The van der Waals surface area contributed by atoms with Gasteiger partial charge in [-0.25, -0.2) is 13.8 Å². The number of rotatable bonds is 2. The zero-order valence-electron chi connectivity index (χ0n) is 7.59. The van der Waals surface area contributed by atoms with Gasteiger partial charge in [-0.2, -0.15) is 5.26 Å². The number of hydrogen-bond acceptors (Lipinski definition) is 3. The Morgan fingerprint density at radius 3 is 2.71 bits per heavy atom. The van der Waals surface area contributed by atoms with Crippen LogP contribution in [0.15, 0.2) is 6.07 Å². The highest BCUT2D eigenvalue weighted by Gasteiger charge is 2.14. The quantitative estimate of drug-likeness (QED) is 0.784. The molecule has 0 amide bonds. The van der Waals surface area contributed by atoms with E-state index in [4.69, 9.17) is 11.0 Å². The van der Waals surface area contributed by atoms with Gasteiger partial charge in [0.2, 0.25) is 0 Å². The van der Waals surface area contributed by atoms with Crippen molar-refractivity contribution in [3.8, 4) is 6.07 Å². The molecule has 74 valence electrons. The van der Waals surface area contributed by atoms with Gasteiger partial charge in [-0.1, -0.05) is 0 Å². The standard InChI is InChI=1S/C9H9F2N3/c1-5-2-7(9(10)11)14-8(4-13)6(5)3-12/h2,9H,4,13H2,1H3. The summed E-state index contributed by atoms with van der Waals surface area (Å²) in [5, 5.41) is 8.73. The fourth-order valence-electron chi connectivity index (χ4n) is 1.18. The van der Waals surface area contributed by atoms with E-state index >= 15 is 0 Å². The second-order valence-electron chi connectivity index (χ2n) is 2.80. The minimum Gasteiger partial charge on any atom is -0.325 e. The fraction of sp³-hybridized carbons (Fsp3) is 0.333. The SMILES string of the molecule is Cc1cc(C(F)F)nc(CN)c1C#N. The van der Waals surface area contributed by atoms with Gasteiger partial charge in [-0.3, -0.25) is 0 Å². The molecule has 3 nitrogen and oxygen atoms in total. The van der Waals surface area contributed by atoms with Crippen LogP contribution in [0.2, 0.25) is 0 Å². The Balaban J connectivity index is 3.33. The number of pyridine rings is 1. The van der Waals surface area contributed by atoms with Crippen LogP contribution in [0.3, 0.4) is 0 Å². The summed E-state index contributed by atoms with van der Waals surface area (Å²) in [7, 11) is 0. The van der Waals surface area contributed by atoms with Crippen LogP contribution in [0, 0.1) is 18.3 Å². The molecule has 0 spiro atoms. The molecule has 0 radical (unpaired) electrons. The molecule has 0 saturated carbocycles. The Morgan fingerprint density at radius 2 is 2.29 bits per heavy atom. The molecule has 0 aliphatic heterocycles. The summed E-state index contributed by atoms with van der Waals surface area (Å²) in [4.78, 5) is 3.62. The lowest BCUT2D eigenvalue weighted by Crippen LogP contribution is -2.07. The molecule has 1 heterocycles. The molecule has 0 aromatic carbocycles. The van der Waals surface area contributed by atoms with E-state index in [0.717, 1.165) is 0 Å². The van der Waals surface area contributed by atoms with Crippen molar-refractivity contribution in [2.75, 3.05) is 0 Å². The summed E-state index contributed by atoms with van der Waals surface area (Å²) in [6.45, 7) is 1.58. The van der Waals surface area contributed by atoms with Crippen LogP contribution in [0.1, 0.15) is 28.9 Å². The van der Waals surface area contributed by atoms with Crippen LogP contribution < -0.4 is 5.73 Å². The molecule has 0 saturated heterocycles. The van der Waals surface area contributed by atoms with Gasteiger partial charge in [-0.15, -0.1) is 0 Å². The zero-order valence-corrected chi connectivity index (χ0v) is 7.59. The maximum absolute atomic E-state index is 12.3. The van der Waals surface area contributed by atoms with Crippen molar-refractivity contribution in [1.82, 2.24) is 4.98 Å². The Labute approximate surface area is 80.2 Å². The summed E-state index contributed by atoms with van der Waals surface area (Å²) in [5.74, 6) is 0. The zero-order chi connectivity index (χ0) is 10.7. The fourth-order valence-corrected chi connectivity index (χ4v) is 1.18. The van der Waals surface area contributed by atoms with Gasteiger partial charge >= 0.3 is 0 Å². The second-order valence-corrected chi connectivity index (χ2v) is 2.80. The molecule has 0 unspecified atom stereocenters. The minimum absolute atomic E-state index is 0.00963. The van der Waals surface area contributed by atoms with Crippen LogP contribution in [0.25, 0.3) is 0 Å². The number of hydrogen-bond donors (Lipinski definition) is 1. The number of nitrogens with zero attached hydrogens (tertiary/aromatic N) is 2. The topological polar surface area (TPSA) is 62.7 Å². The van der Waals surface area contributed by atoms with Crippen molar-refractivity contribution in [2.24, 2.45) is 5.73 Å². The van der Waals surface area contributed by atoms with Gasteiger partial charge < -0.3 is 5.73 Å². The van der Waals surface area contributed by atoms with E-state index < -0.39 is 6.43 Å². The maximum Gasteiger partial charge on any atom is 0.280 e. The first-order valence-corrected chi connectivity index (χ1v) is 3.99. The maximum atomic E-state index is 12.3. The predicted molar refractivity (Wildman–Crippen MR) is 46.5 cm³/mol. The van der Waals surface area contributed by atoms with Crippen molar-refractivity contribution < 1.29 is 8.78 Å². The normalized spacial score (nSPS) is 10.3. The highest BCUT2D eigenvalue weighted by atomic mass is 19.3. The van der Waals surface area contributed by atoms with Crippen LogP contribution in [0.5, 0.6) is 0 Å². The van der Waals surface area contributed by atoms with E-state index in [1.807, 2.05) is 6.07 Å². The van der Waals surface area contributed by atoms with Crippen LogP contribution in [0.4, 0.5) is 8.78 Å². The number of halogens is 2. The summed E-state index contributed by atoms with van der Waals surface area (Å²) in [6.07, 6.45) is -2.63. The lowest BCUT2D eigenvalue weighted by Gasteiger charge is -2.06. The average molecular weight is 197 g/mol. The van der Waals surface area contributed by atoms with Crippen LogP contribution in [-0.4, -0.2) is 4.98 Å². The van der Waals surface area contributed by atoms with Gasteiger partial charge in [0.25, 0.3) is 6.43 Å². The summed E-state index contributed by atoms with van der Waals surface area (Å²) in [6, 6.07) is 3.10. The summed E-state index contributed by atoms with van der Waals surface area (Å²) < 4.78 is 24.6. The molecule has 1 rings (SSSR count). The van der Waals surface area contributed by atoms with Crippen molar-refractivity contribution in [2.45, 2.75) is 19.9 Å². The summed E-state index contributed by atoms with van der Waals surface area (Å²) in [5.41, 5.74) is 5.97. The van der Waals surface area contributed by atoms with Crippen LogP contribution in [-0.2, 0) is 6.54 Å². The Bertz CT molecular complexity index is 382. The lowest BCUT2D eigenvalue weighted by atomic mass is 10.1. The third-order valence-electron chi connectivity index (χ3n) is 1.84. The summed E-state index contributed by atoms with van der Waals surface area (Å²) >= 11 is 0. The van der Waals surface area contributed by atoms with Crippen molar-refractivity contribution in [1.29, 1.82) is 5.26 Å². The Hall–Kier alpha value is -1.54. The molecule has 1 aromatic rings. The molecule has 14 heavy (non-hydrogen) atoms. The van der Waals surface area contributed by atoms with E-state index in [1.165, 1.54) is 6.07 Å². The second kappa shape index (κ2) is 4.11. The monoisotopic (exact) mass is 197 g/mol. The number of aromatic nitrogens is 1. The molecule has 0 aliphatic carbocycles. The van der Waals surface area contributed by atoms with E-state index in [-0.39, 0.29) is 23.5 Å². The molecule has 1 aromatic heterocycles. The number of nitriles is 1. The van der Waals surface area contributed by atoms with Gasteiger partial charge in [0, 0.05) is 6.54 Å². The molecular weight excluding hydrogens is 188 g/mol. The van der Waals surface area contributed by atoms with Crippen molar-refractivity contribution in [3.63, 3.8) is 0 Å². The van der Waals surface area contributed by atoms with E-state index in [0.29, 0.717) is 5.56 Å². The molecule has 5 heteroatoms. The third kappa shape index (κ3) is 1.86. The largest absolute Gasteiger partial charge is 0.325 e. The van der Waals surface area contributed by atoms with E-state index in [9.17, 15) is 8.78 Å². The van der Waals surface area contributed by atoms with Gasteiger partial charge in [0.05, 0.1) is 11.3 Å². The smallest absolute Gasteiger partial charge is 0.280 e. The first kappa shape index (κ1) is 10.5. The van der Waals surface area contributed by atoms with Crippen molar-refractivity contribution >= 4 is 0 Å². The highest BCUT2D eigenvalue weighted by molar-refractivity contribution is 5.41. The number of alkyl halides is 2. The van der Waals surface area contributed by atoms with Gasteiger partial charge in [0.15, 0.2) is 0 Å². The molecule has 0 bridgehead atoms. The Morgan fingerprint density at radius 1 is 1.64 bits per heavy atom. The first-order chi connectivity index (χ1) is 6.60. The van der Waals surface area contributed by atoms with Gasteiger partial charge in [0.1, 0.15) is 11.8 Å². The molecular formula is C9H9F2N3. The van der Waals surface area contributed by atoms with Gasteiger partial charge in [-0.05, 0) is 18.6 Å². The minimum atomic E-state index is -2.63. The molecule has 0 atom stereocenters. The van der Waals surface area contributed by atoms with Crippen LogP contribution >= 0.6 is 0 Å². The third-order valence-corrected chi connectivity index (χ3v) is 1.84. The average Bonchev–Trinajstić information content (AvgIpc) is 2.16. The first-order valence-electron chi connectivity index (χ1n) is 3.99. The van der Waals surface area contributed by atoms with Crippen molar-refractivity contribution in [3.05, 3.63) is 28.6 Å². The highest BCUT2D eigenvalue weighted by Crippen LogP contribution is 2.20. The predicted octanol–water partition coefficient (Wildman–Crippen LogP) is 1.66. The molecule has 2 N–H and O–H groups in total.